The van der Waals surface area contributed by atoms with Crippen molar-refractivity contribution in [3.63, 3.8) is 0 Å². The second-order valence-corrected chi connectivity index (χ2v) is 8.23. The molecule has 0 atom stereocenters. The molecule has 3 rings (SSSR count). The molecule has 0 amide bonds. The van der Waals surface area contributed by atoms with Gasteiger partial charge in [0.2, 0.25) is 0 Å². The largest absolute Gasteiger partial charge is 0.494 e. The van der Waals surface area contributed by atoms with Crippen LogP contribution in [-0.4, -0.2) is 46.7 Å². The molecule has 1 aliphatic heterocycles. The van der Waals surface area contributed by atoms with Gasteiger partial charge in [-0.3, -0.25) is 4.72 Å². The number of nitrogens with zero attached hydrogens (tertiary/aromatic N) is 1. The maximum absolute atomic E-state index is 13.8. The van der Waals surface area contributed by atoms with Crippen LogP contribution in [0, 0.1) is 5.82 Å². The zero-order valence-electron chi connectivity index (χ0n) is 15.3. The van der Waals surface area contributed by atoms with Crippen molar-refractivity contribution in [1.82, 2.24) is 4.90 Å². The van der Waals surface area contributed by atoms with Gasteiger partial charge in [-0.15, -0.1) is 0 Å². The lowest BCUT2D eigenvalue weighted by Gasteiger charge is -2.29. The molecule has 1 saturated heterocycles. The van der Waals surface area contributed by atoms with Gasteiger partial charge >= 0.3 is 0 Å². The summed E-state index contributed by atoms with van der Waals surface area (Å²) in [7, 11) is -0.490. The highest BCUT2D eigenvalue weighted by molar-refractivity contribution is 7.92. The number of ether oxygens (including phenoxy) is 2. The summed E-state index contributed by atoms with van der Waals surface area (Å²) in [6.45, 7) is 2.00. The zero-order chi connectivity index (χ0) is 19.4. The summed E-state index contributed by atoms with van der Waals surface area (Å²) in [4.78, 5) is 2.09. The predicted molar refractivity (Wildman–Crippen MR) is 101 cm³/mol. The van der Waals surface area contributed by atoms with Crippen molar-refractivity contribution in [2.75, 3.05) is 32.0 Å². The average molecular weight is 394 g/mol. The molecule has 0 aliphatic carbocycles. The first kappa shape index (κ1) is 19.4. The van der Waals surface area contributed by atoms with E-state index in [1.54, 1.807) is 24.3 Å². The van der Waals surface area contributed by atoms with E-state index in [-0.39, 0.29) is 16.7 Å². The maximum Gasteiger partial charge on any atom is 0.262 e. The smallest absolute Gasteiger partial charge is 0.262 e. The Hall–Kier alpha value is -2.32. The first-order valence-corrected chi connectivity index (χ1v) is 10.2. The lowest BCUT2D eigenvalue weighted by molar-refractivity contribution is 0.114. The van der Waals surface area contributed by atoms with Crippen LogP contribution in [0.2, 0.25) is 0 Å². The normalized spacial score (nSPS) is 16.1. The number of piperidine rings is 1. The predicted octanol–water partition coefficient (Wildman–Crippen LogP) is 3.11. The maximum atomic E-state index is 13.8. The number of hydrogen-bond donors (Lipinski definition) is 1. The lowest BCUT2D eigenvalue weighted by Crippen LogP contribution is -2.35. The van der Waals surface area contributed by atoms with Crippen LogP contribution >= 0.6 is 0 Å². The first-order valence-electron chi connectivity index (χ1n) is 8.69. The number of benzene rings is 2. The molecule has 0 unspecified atom stereocenters. The molecule has 0 radical (unpaired) electrons. The molecule has 0 bridgehead atoms. The van der Waals surface area contributed by atoms with Gasteiger partial charge < -0.3 is 14.4 Å². The summed E-state index contributed by atoms with van der Waals surface area (Å²) in [6.07, 6.45) is 2.10. The Balaban J connectivity index is 1.65. The summed E-state index contributed by atoms with van der Waals surface area (Å²) in [6, 6.07) is 10.2. The second-order valence-electron chi connectivity index (χ2n) is 6.55. The second kappa shape index (κ2) is 8.14. The highest BCUT2D eigenvalue weighted by atomic mass is 32.2. The molecule has 0 spiro atoms. The van der Waals surface area contributed by atoms with Crippen LogP contribution in [0.5, 0.6) is 11.5 Å². The third-order valence-electron chi connectivity index (χ3n) is 4.51. The Kier molecular flexibility index (Phi) is 5.86. The summed E-state index contributed by atoms with van der Waals surface area (Å²) < 4.78 is 51.8. The minimum absolute atomic E-state index is 0.00985. The van der Waals surface area contributed by atoms with Crippen molar-refractivity contribution in [2.24, 2.45) is 0 Å². The minimum Gasteiger partial charge on any atom is -0.494 e. The zero-order valence-corrected chi connectivity index (χ0v) is 16.1. The monoisotopic (exact) mass is 394 g/mol. The van der Waals surface area contributed by atoms with Crippen LogP contribution in [0.25, 0.3) is 0 Å². The Labute approximate surface area is 159 Å². The molecule has 0 aromatic heterocycles. The van der Waals surface area contributed by atoms with E-state index < -0.39 is 15.8 Å². The number of anilines is 1. The van der Waals surface area contributed by atoms with Gasteiger partial charge in [0, 0.05) is 18.8 Å². The van der Waals surface area contributed by atoms with E-state index in [9.17, 15) is 12.8 Å². The van der Waals surface area contributed by atoms with Gasteiger partial charge in [-0.05, 0) is 62.4 Å². The number of methoxy groups -OCH3 is 1. The Bertz CT molecular complexity index is 879. The van der Waals surface area contributed by atoms with Crippen molar-refractivity contribution < 1.29 is 22.3 Å². The van der Waals surface area contributed by atoms with Crippen LogP contribution in [-0.2, 0) is 10.0 Å². The highest BCUT2D eigenvalue weighted by Gasteiger charge is 2.19. The summed E-state index contributed by atoms with van der Waals surface area (Å²) in [5.41, 5.74) is 0.377. The standard InChI is InChI=1S/C19H23FN2O4S/c1-22-11-9-16(10-12-22)26-15-5-3-14(4-6-15)21-27(23,24)17-7-8-19(25-2)18(20)13-17/h3-8,13,16,21H,9-12H2,1-2H3. The fraction of sp³-hybridized carbons (Fsp3) is 0.368. The summed E-state index contributed by atoms with van der Waals surface area (Å²) >= 11 is 0. The molecule has 0 saturated carbocycles. The van der Waals surface area contributed by atoms with Crippen molar-refractivity contribution >= 4 is 15.7 Å². The third kappa shape index (κ3) is 4.90. The molecule has 2 aromatic rings. The van der Waals surface area contributed by atoms with Gasteiger partial charge in [-0.1, -0.05) is 0 Å². The number of nitrogens with one attached hydrogen (secondary N) is 1. The number of rotatable bonds is 6. The molecule has 1 heterocycles. The first-order chi connectivity index (χ1) is 12.9. The molecule has 1 aliphatic rings. The van der Waals surface area contributed by atoms with Crippen LogP contribution in [0.3, 0.4) is 0 Å². The Morgan fingerprint density at radius 2 is 1.78 bits per heavy atom. The molecule has 27 heavy (non-hydrogen) atoms. The van der Waals surface area contributed by atoms with Crippen molar-refractivity contribution in [3.05, 3.63) is 48.3 Å². The van der Waals surface area contributed by atoms with Gasteiger partial charge in [0.25, 0.3) is 10.0 Å². The molecule has 2 aromatic carbocycles. The third-order valence-corrected chi connectivity index (χ3v) is 5.89. The Morgan fingerprint density at radius 3 is 2.37 bits per heavy atom. The average Bonchev–Trinajstić information content (AvgIpc) is 2.65. The van der Waals surface area contributed by atoms with E-state index in [4.69, 9.17) is 9.47 Å². The van der Waals surface area contributed by atoms with Crippen LogP contribution in [0.15, 0.2) is 47.4 Å². The van der Waals surface area contributed by atoms with E-state index in [0.717, 1.165) is 32.0 Å². The van der Waals surface area contributed by atoms with Gasteiger partial charge in [-0.2, -0.15) is 0 Å². The van der Waals surface area contributed by atoms with E-state index in [1.165, 1.54) is 19.2 Å². The van der Waals surface area contributed by atoms with E-state index in [1.807, 2.05) is 0 Å². The van der Waals surface area contributed by atoms with E-state index >= 15 is 0 Å². The number of likely N-dealkylation sites (tertiary alicyclic amines) is 1. The van der Waals surface area contributed by atoms with Gasteiger partial charge in [0.1, 0.15) is 11.9 Å². The van der Waals surface area contributed by atoms with Crippen molar-refractivity contribution in [1.29, 1.82) is 0 Å². The lowest BCUT2D eigenvalue weighted by atomic mass is 10.1. The molecule has 8 heteroatoms. The molecule has 6 nitrogen and oxygen atoms in total. The number of hydrogen-bond acceptors (Lipinski definition) is 5. The molecule has 1 fully saturated rings. The number of sulfonamides is 1. The highest BCUT2D eigenvalue weighted by Crippen LogP contribution is 2.24. The molecule has 146 valence electrons. The topological polar surface area (TPSA) is 67.9 Å². The van der Waals surface area contributed by atoms with E-state index in [0.29, 0.717) is 11.4 Å². The minimum atomic E-state index is -3.90. The summed E-state index contributed by atoms with van der Waals surface area (Å²) in [5, 5.41) is 0. The number of halogens is 1. The summed E-state index contributed by atoms with van der Waals surface area (Å²) in [5.74, 6) is -0.0467. The quantitative estimate of drug-likeness (QED) is 0.815. The van der Waals surface area contributed by atoms with Crippen LogP contribution in [0.1, 0.15) is 12.8 Å². The molecular formula is C19H23FN2O4S. The SMILES string of the molecule is COc1ccc(S(=O)(=O)Nc2ccc(OC3CCN(C)CC3)cc2)cc1F. The van der Waals surface area contributed by atoms with Gasteiger partial charge in [0.05, 0.1) is 12.0 Å². The Morgan fingerprint density at radius 1 is 1.11 bits per heavy atom. The van der Waals surface area contributed by atoms with Crippen molar-refractivity contribution in [2.45, 2.75) is 23.8 Å². The van der Waals surface area contributed by atoms with Crippen LogP contribution < -0.4 is 14.2 Å². The van der Waals surface area contributed by atoms with Gasteiger partial charge in [0.15, 0.2) is 11.6 Å². The fourth-order valence-corrected chi connectivity index (χ4v) is 4.00. The molecule has 1 N–H and O–H groups in total. The van der Waals surface area contributed by atoms with E-state index in [2.05, 4.69) is 16.7 Å². The molecular weight excluding hydrogens is 371 g/mol. The van der Waals surface area contributed by atoms with Crippen LogP contribution in [0.4, 0.5) is 10.1 Å². The fourth-order valence-electron chi connectivity index (χ4n) is 2.93. The van der Waals surface area contributed by atoms with Crippen molar-refractivity contribution in [3.8, 4) is 11.5 Å². The van der Waals surface area contributed by atoms with Gasteiger partial charge in [-0.25, -0.2) is 12.8 Å².